The Morgan fingerprint density at radius 2 is 1.79 bits per heavy atom. The summed E-state index contributed by atoms with van der Waals surface area (Å²) in [6, 6.07) is 3.81. The summed E-state index contributed by atoms with van der Waals surface area (Å²) >= 11 is 0. The van der Waals surface area contributed by atoms with Gasteiger partial charge in [-0.25, -0.2) is 9.31 Å². The Bertz CT molecular complexity index is 908. The van der Waals surface area contributed by atoms with Crippen molar-refractivity contribution in [3.63, 3.8) is 0 Å². The van der Waals surface area contributed by atoms with Crippen LogP contribution in [-0.2, 0) is 11.3 Å². The Labute approximate surface area is 171 Å². The normalized spacial score (nSPS) is 19.8. The summed E-state index contributed by atoms with van der Waals surface area (Å²) in [5.74, 6) is -0.228. The largest absolute Gasteiger partial charge is 0.328 e. The minimum Gasteiger partial charge on any atom is -0.300 e. The van der Waals surface area contributed by atoms with Gasteiger partial charge >= 0.3 is 6.03 Å². The molecule has 0 aromatic carbocycles. The fourth-order valence-corrected chi connectivity index (χ4v) is 4.15. The molecular formula is C21H30N6O2. The van der Waals surface area contributed by atoms with Crippen LogP contribution in [0.15, 0.2) is 24.5 Å². The summed E-state index contributed by atoms with van der Waals surface area (Å²) < 4.78 is 1.78. The molecule has 0 aliphatic carbocycles. The molecule has 2 aromatic heterocycles. The highest BCUT2D eigenvalue weighted by atomic mass is 16.2. The molecule has 8 heteroatoms. The first kappa shape index (κ1) is 19.8. The van der Waals surface area contributed by atoms with Crippen LogP contribution >= 0.6 is 0 Å². The van der Waals surface area contributed by atoms with E-state index in [1.54, 1.807) is 15.6 Å². The smallest absolute Gasteiger partial charge is 0.300 e. The molecule has 4 heterocycles. The number of urea groups is 1. The van der Waals surface area contributed by atoms with E-state index >= 15 is 0 Å². The number of imide groups is 1. The molecule has 0 bridgehead atoms. The van der Waals surface area contributed by atoms with Crippen LogP contribution in [0, 0.1) is 5.41 Å². The minimum atomic E-state index is -0.378. The molecule has 0 saturated carbocycles. The maximum absolute atomic E-state index is 12.2. The molecule has 2 aliphatic rings. The van der Waals surface area contributed by atoms with Gasteiger partial charge in [0.1, 0.15) is 0 Å². The van der Waals surface area contributed by atoms with Gasteiger partial charge < -0.3 is 4.90 Å². The number of piperazine rings is 1. The minimum absolute atomic E-state index is 0.228. The lowest BCUT2D eigenvalue weighted by Gasteiger charge is -2.37. The van der Waals surface area contributed by atoms with E-state index in [9.17, 15) is 9.59 Å². The number of nitrogens with zero attached hydrogens (tertiary/aromatic N) is 5. The van der Waals surface area contributed by atoms with E-state index in [0.29, 0.717) is 18.4 Å². The number of carbonyl (C=O) groups is 2. The first-order valence-corrected chi connectivity index (χ1v) is 10.3. The highest BCUT2D eigenvalue weighted by Crippen LogP contribution is 2.25. The van der Waals surface area contributed by atoms with Gasteiger partial charge in [0.15, 0.2) is 0 Å². The van der Waals surface area contributed by atoms with Crippen molar-refractivity contribution in [2.75, 3.05) is 44.2 Å². The fourth-order valence-electron chi connectivity index (χ4n) is 4.15. The van der Waals surface area contributed by atoms with Crippen molar-refractivity contribution in [2.45, 2.75) is 33.7 Å². The van der Waals surface area contributed by atoms with Crippen molar-refractivity contribution in [3.8, 4) is 0 Å². The molecular weight excluding hydrogens is 368 g/mol. The maximum Gasteiger partial charge on any atom is 0.328 e. The predicted molar refractivity (Wildman–Crippen MR) is 112 cm³/mol. The summed E-state index contributed by atoms with van der Waals surface area (Å²) in [5.41, 5.74) is 3.17. The van der Waals surface area contributed by atoms with Crippen molar-refractivity contribution in [3.05, 3.63) is 30.1 Å². The van der Waals surface area contributed by atoms with Gasteiger partial charge in [-0.05, 0) is 23.1 Å². The highest BCUT2D eigenvalue weighted by molar-refractivity contribution is 6.07. The number of rotatable bonds is 4. The summed E-state index contributed by atoms with van der Waals surface area (Å²) in [6.45, 7) is 13.6. The zero-order chi connectivity index (χ0) is 20.6. The molecule has 0 spiro atoms. The Kier molecular flexibility index (Phi) is 5.31. The lowest BCUT2D eigenvalue weighted by atomic mass is 9.96. The van der Waals surface area contributed by atoms with E-state index in [0.717, 1.165) is 50.5 Å². The van der Waals surface area contributed by atoms with Crippen LogP contribution in [0.5, 0.6) is 0 Å². The number of hydrogen-bond donors (Lipinski definition) is 1. The SMILES string of the molecule is CC(C)(C)CN1CCN(Cc2ccn3ncc(N4CCC(=O)NC4=O)c3c2)CC1. The first-order chi connectivity index (χ1) is 13.8. The monoisotopic (exact) mass is 398 g/mol. The van der Waals surface area contributed by atoms with Crippen LogP contribution in [0.1, 0.15) is 32.8 Å². The van der Waals surface area contributed by atoms with Crippen LogP contribution in [-0.4, -0.2) is 70.6 Å². The van der Waals surface area contributed by atoms with Gasteiger partial charge in [0, 0.05) is 58.4 Å². The summed E-state index contributed by atoms with van der Waals surface area (Å²) in [4.78, 5) is 30.3. The summed E-state index contributed by atoms with van der Waals surface area (Å²) in [6.07, 6.45) is 3.94. The number of amides is 3. The van der Waals surface area contributed by atoms with Crippen molar-refractivity contribution < 1.29 is 9.59 Å². The van der Waals surface area contributed by atoms with Gasteiger partial charge in [0.25, 0.3) is 0 Å². The molecule has 8 nitrogen and oxygen atoms in total. The molecule has 2 aliphatic heterocycles. The average Bonchev–Trinajstić information content (AvgIpc) is 3.05. The van der Waals surface area contributed by atoms with E-state index < -0.39 is 0 Å². The van der Waals surface area contributed by atoms with Gasteiger partial charge in [-0.3, -0.25) is 19.9 Å². The van der Waals surface area contributed by atoms with Gasteiger partial charge in [-0.15, -0.1) is 0 Å². The Hall–Kier alpha value is -2.45. The van der Waals surface area contributed by atoms with Crippen molar-refractivity contribution in [1.82, 2.24) is 24.7 Å². The molecule has 4 rings (SSSR count). The Morgan fingerprint density at radius 3 is 2.48 bits per heavy atom. The molecule has 0 unspecified atom stereocenters. The molecule has 2 saturated heterocycles. The van der Waals surface area contributed by atoms with Crippen LogP contribution in [0.25, 0.3) is 5.52 Å². The van der Waals surface area contributed by atoms with Gasteiger partial charge in [0.2, 0.25) is 5.91 Å². The molecule has 1 N–H and O–H groups in total. The lowest BCUT2D eigenvalue weighted by Crippen LogP contribution is -2.49. The van der Waals surface area contributed by atoms with Gasteiger partial charge in [-0.2, -0.15) is 5.10 Å². The van der Waals surface area contributed by atoms with E-state index in [-0.39, 0.29) is 11.9 Å². The quantitative estimate of drug-likeness (QED) is 0.852. The first-order valence-electron chi connectivity index (χ1n) is 10.3. The van der Waals surface area contributed by atoms with Crippen LogP contribution in [0.3, 0.4) is 0 Å². The third kappa shape index (κ3) is 4.59. The van der Waals surface area contributed by atoms with Crippen LogP contribution in [0.2, 0.25) is 0 Å². The average molecular weight is 399 g/mol. The third-order valence-corrected chi connectivity index (χ3v) is 5.48. The maximum atomic E-state index is 12.2. The predicted octanol–water partition coefficient (Wildman–Crippen LogP) is 1.94. The third-order valence-electron chi connectivity index (χ3n) is 5.48. The zero-order valence-electron chi connectivity index (χ0n) is 17.5. The zero-order valence-corrected chi connectivity index (χ0v) is 17.5. The molecule has 2 aromatic rings. The summed E-state index contributed by atoms with van der Waals surface area (Å²) in [7, 11) is 0. The fraction of sp³-hybridized carbons (Fsp3) is 0.571. The van der Waals surface area contributed by atoms with Crippen LogP contribution < -0.4 is 10.2 Å². The molecule has 0 radical (unpaired) electrons. The Morgan fingerprint density at radius 1 is 1.07 bits per heavy atom. The molecule has 0 atom stereocenters. The number of carbonyl (C=O) groups excluding carboxylic acids is 2. The topological polar surface area (TPSA) is 73.2 Å². The molecule has 3 amide bonds. The second kappa shape index (κ2) is 7.76. The summed E-state index contributed by atoms with van der Waals surface area (Å²) in [5, 5.41) is 6.75. The van der Waals surface area contributed by atoms with E-state index in [1.807, 2.05) is 6.20 Å². The van der Waals surface area contributed by atoms with Crippen molar-refractivity contribution >= 4 is 23.1 Å². The number of hydrogen-bond acceptors (Lipinski definition) is 5. The van der Waals surface area contributed by atoms with Crippen LogP contribution in [0.4, 0.5) is 10.5 Å². The number of fused-ring (bicyclic) bond motifs is 1. The van der Waals surface area contributed by atoms with E-state index in [2.05, 4.69) is 53.1 Å². The molecule has 2 fully saturated rings. The number of anilines is 1. The number of pyridine rings is 1. The standard InChI is InChI=1S/C21H30N6O2/c1-21(2,3)15-25-10-8-24(9-11-25)14-16-4-7-27-17(12-16)18(13-22-27)26-6-5-19(28)23-20(26)29/h4,7,12-13H,5-6,8-11,14-15H2,1-3H3,(H,23,28,29). The number of nitrogens with one attached hydrogen (secondary N) is 1. The molecule has 29 heavy (non-hydrogen) atoms. The van der Waals surface area contributed by atoms with Crippen molar-refractivity contribution in [2.24, 2.45) is 5.41 Å². The van der Waals surface area contributed by atoms with E-state index in [4.69, 9.17) is 0 Å². The number of aromatic nitrogens is 2. The second-order valence-electron chi connectivity index (χ2n) is 9.26. The lowest BCUT2D eigenvalue weighted by molar-refractivity contribution is -0.120. The van der Waals surface area contributed by atoms with E-state index in [1.165, 1.54) is 5.56 Å². The second-order valence-corrected chi connectivity index (χ2v) is 9.26. The molecule has 156 valence electrons. The van der Waals surface area contributed by atoms with Crippen molar-refractivity contribution in [1.29, 1.82) is 0 Å². The Balaban J connectivity index is 1.44. The van der Waals surface area contributed by atoms with Gasteiger partial charge in [0.05, 0.1) is 17.4 Å². The van der Waals surface area contributed by atoms with Gasteiger partial charge in [-0.1, -0.05) is 20.8 Å². The highest BCUT2D eigenvalue weighted by Gasteiger charge is 2.27.